The molecule has 0 aliphatic rings. The van der Waals surface area contributed by atoms with E-state index in [0.717, 1.165) is 8.58 Å². The molecule has 0 aliphatic heterocycles. The van der Waals surface area contributed by atoms with Crippen molar-refractivity contribution in [1.82, 2.24) is 0 Å². The van der Waals surface area contributed by atoms with Crippen LogP contribution in [-0.4, -0.2) is 33.4 Å². The molecule has 0 aromatic heterocycles. The van der Waals surface area contributed by atoms with Crippen LogP contribution in [0.4, 0.5) is 0 Å². The molecule has 0 saturated heterocycles. The summed E-state index contributed by atoms with van der Waals surface area (Å²) in [7, 11) is 1.05. The van der Waals surface area contributed by atoms with E-state index in [-0.39, 0.29) is 47.9 Å². The third-order valence-corrected chi connectivity index (χ3v) is 2.25. The van der Waals surface area contributed by atoms with Crippen molar-refractivity contribution in [2.75, 3.05) is 0 Å². The molecule has 0 aromatic rings. The van der Waals surface area contributed by atoms with Crippen LogP contribution in [0.3, 0.4) is 0 Å². The van der Waals surface area contributed by atoms with Gasteiger partial charge in [0.2, 0.25) is 0 Å². The van der Waals surface area contributed by atoms with Gasteiger partial charge in [-0.3, -0.25) is 0 Å². The average molecular weight is 241 g/mol. The van der Waals surface area contributed by atoms with Crippen LogP contribution in [0.5, 0.6) is 0 Å². The molecule has 0 amide bonds. The summed E-state index contributed by atoms with van der Waals surface area (Å²) in [4.78, 5) is 0. The maximum atomic E-state index is 2.30. The van der Waals surface area contributed by atoms with Gasteiger partial charge in [-0.15, -0.1) is 8.58 Å². The molecule has 0 spiro atoms. The van der Waals surface area contributed by atoms with E-state index in [1.165, 1.54) is 0 Å². The van der Waals surface area contributed by atoms with Gasteiger partial charge in [0.25, 0.3) is 0 Å². The monoisotopic (exact) mass is 240 g/mol. The van der Waals surface area contributed by atoms with Crippen LogP contribution >= 0.6 is 8.58 Å². The van der Waals surface area contributed by atoms with Gasteiger partial charge in [-0.1, -0.05) is 41.5 Å². The van der Waals surface area contributed by atoms with Gasteiger partial charge in [0.15, 0.2) is 0 Å². The second-order valence-electron chi connectivity index (χ2n) is 4.62. The summed E-state index contributed by atoms with van der Waals surface area (Å²) in [5.41, 5.74) is 0. The van der Waals surface area contributed by atoms with Crippen LogP contribution in [0.15, 0.2) is 0 Å². The Bertz CT molecular complexity index is 82.2. The van der Waals surface area contributed by atoms with Crippen molar-refractivity contribution in [3.05, 3.63) is 0 Å². The minimum Gasteiger partial charge on any atom is -1.00 e. The molecular weight excluding hydrogens is 222 g/mol. The molecule has 0 nitrogen and oxygen atoms in total. The van der Waals surface area contributed by atoms with E-state index in [1.807, 2.05) is 0 Å². The summed E-state index contributed by atoms with van der Waals surface area (Å²) in [5.74, 6) is 0. The van der Waals surface area contributed by atoms with Crippen molar-refractivity contribution < 1.29 is 24.8 Å². The molecule has 0 aliphatic carbocycles. The molecule has 0 bridgehead atoms. The zero-order chi connectivity index (χ0) is 7.71. The first-order valence-electron chi connectivity index (χ1n) is 3.50. The van der Waals surface area contributed by atoms with Crippen molar-refractivity contribution in [2.24, 2.45) is 0 Å². The summed E-state index contributed by atoms with van der Waals surface area (Å²) in [6, 6.07) is 0. The van der Waals surface area contributed by atoms with Gasteiger partial charge in [-0.25, -0.2) is 0 Å². The third-order valence-electron chi connectivity index (χ3n) is 0.750. The van der Waals surface area contributed by atoms with Crippen molar-refractivity contribution >= 4 is 31.6 Å². The van der Waals surface area contributed by atoms with Gasteiger partial charge in [-0.2, -0.15) is 0 Å². The van der Waals surface area contributed by atoms with Crippen molar-refractivity contribution in [1.29, 1.82) is 0 Å². The molecule has 0 unspecified atom stereocenters. The topological polar surface area (TPSA) is 0 Å². The Balaban J connectivity index is -0.000000107. The van der Waals surface area contributed by atoms with E-state index >= 15 is 0 Å². The van der Waals surface area contributed by atoms with Crippen molar-refractivity contribution in [3.63, 3.8) is 0 Å². The van der Waals surface area contributed by atoms with E-state index in [9.17, 15) is 0 Å². The summed E-state index contributed by atoms with van der Waals surface area (Å²) in [5, 5.41) is 1.02. The van der Waals surface area contributed by atoms with Crippen LogP contribution in [0.1, 0.15) is 41.5 Å². The zero-order valence-corrected chi connectivity index (χ0v) is 12.9. The van der Waals surface area contributed by atoms with Gasteiger partial charge >= 0.3 is 23.1 Å². The van der Waals surface area contributed by atoms with Crippen LogP contribution in [0.25, 0.3) is 0 Å². The van der Waals surface area contributed by atoms with E-state index in [1.54, 1.807) is 0 Å². The predicted molar refractivity (Wildman–Crippen MR) is 53.6 cm³/mol. The molecule has 0 fully saturated rings. The van der Waals surface area contributed by atoms with E-state index in [4.69, 9.17) is 0 Å². The Kier molecular flexibility index (Phi) is 15.9. The Hall–Kier alpha value is 1.78. The summed E-state index contributed by atoms with van der Waals surface area (Å²) < 4.78 is 0. The Morgan fingerprint density at radius 2 is 0.833 bits per heavy atom. The van der Waals surface area contributed by atoms with Gasteiger partial charge in [0.05, 0.1) is 0 Å². The zero-order valence-electron chi connectivity index (χ0n) is 8.96. The minimum atomic E-state index is 0. The molecule has 4 heteroatoms. The van der Waals surface area contributed by atoms with Crippen LogP contribution in [0.2, 0.25) is 0 Å². The predicted octanol–water partition coefficient (Wildman–Crippen LogP) is -3.11. The Morgan fingerprint density at radius 1 is 0.667 bits per heavy atom. The first-order chi connectivity index (χ1) is 3.71. The van der Waals surface area contributed by atoms with Crippen molar-refractivity contribution in [3.8, 4) is 0 Å². The molecule has 0 radical (unpaired) electrons. The average Bonchev–Trinajstić information content (AvgIpc) is 1.14. The summed E-state index contributed by atoms with van der Waals surface area (Å²) in [6.45, 7) is 13.8. The Morgan fingerprint density at radius 3 is 0.833 bits per heavy atom. The van der Waals surface area contributed by atoms with Crippen LogP contribution in [-0.2, 0) is 0 Å². The molecule has 72 valence electrons. The standard InChI is InChI=1S/C8H19P.2ClH.Mg/c1-7(2,3)9-8(4,5)6;;;/h9H,1-6H3;2*1H;/q;;;+2/p-2. The van der Waals surface area contributed by atoms with Crippen LogP contribution < -0.4 is 24.8 Å². The third kappa shape index (κ3) is 22.6. The maximum Gasteiger partial charge on any atom is 2.00 e. The molecule has 0 N–H and O–H groups in total. The number of halogens is 2. The largest absolute Gasteiger partial charge is 2.00 e. The first kappa shape index (κ1) is 23.5. The van der Waals surface area contributed by atoms with Gasteiger partial charge < -0.3 is 24.8 Å². The first-order valence-corrected chi connectivity index (χ1v) is 4.50. The quantitative estimate of drug-likeness (QED) is 0.311. The second-order valence-corrected chi connectivity index (χ2v) is 7.88. The molecule has 0 rings (SSSR count). The van der Waals surface area contributed by atoms with Gasteiger partial charge in [0.1, 0.15) is 0 Å². The maximum absolute atomic E-state index is 2.30. The molecule has 12 heavy (non-hydrogen) atoms. The molecular formula is C8H19Cl2MgP. The number of hydrogen-bond acceptors (Lipinski definition) is 0. The number of hydrogen-bond donors (Lipinski definition) is 0. The minimum absolute atomic E-state index is 0. The molecule has 0 aromatic carbocycles. The molecule has 0 saturated carbocycles. The van der Waals surface area contributed by atoms with Crippen molar-refractivity contribution in [2.45, 2.75) is 51.9 Å². The SMILES string of the molecule is CC(C)(C)PC(C)(C)C.[Cl-].[Cl-].[Mg+2]. The summed E-state index contributed by atoms with van der Waals surface area (Å²) in [6.07, 6.45) is 0. The number of rotatable bonds is 0. The molecule has 0 heterocycles. The molecule has 0 atom stereocenters. The van der Waals surface area contributed by atoms with Crippen LogP contribution in [0, 0.1) is 0 Å². The van der Waals surface area contributed by atoms with E-state index in [2.05, 4.69) is 41.5 Å². The normalized spacial score (nSPS) is 10.5. The fourth-order valence-corrected chi connectivity index (χ4v) is 3.38. The summed E-state index contributed by atoms with van der Waals surface area (Å²) >= 11 is 0. The van der Waals surface area contributed by atoms with Gasteiger partial charge in [-0.05, 0) is 10.3 Å². The van der Waals surface area contributed by atoms with E-state index < -0.39 is 0 Å². The van der Waals surface area contributed by atoms with Gasteiger partial charge in [0, 0.05) is 0 Å². The smallest absolute Gasteiger partial charge is 1.00 e. The van der Waals surface area contributed by atoms with E-state index in [0.29, 0.717) is 10.3 Å². The second kappa shape index (κ2) is 8.11. The fraction of sp³-hybridized carbons (Fsp3) is 1.00. The Labute approximate surface area is 108 Å². The fourth-order valence-electron chi connectivity index (χ4n) is 1.12.